The number of phenolic OH excluding ortho intramolecular Hbond substituents is 1. The summed E-state index contributed by atoms with van der Waals surface area (Å²) in [5.41, 5.74) is 2.89. The maximum absolute atomic E-state index is 13.0. The van der Waals surface area contributed by atoms with Crippen LogP contribution < -0.4 is 4.74 Å². The van der Waals surface area contributed by atoms with Gasteiger partial charge in [0.2, 0.25) is 0 Å². The molecule has 0 amide bonds. The van der Waals surface area contributed by atoms with Gasteiger partial charge in [0.15, 0.2) is 11.4 Å². The van der Waals surface area contributed by atoms with E-state index in [0.717, 1.165) is 40.1 Å². The van der Waals surface area contributed by atoms with Crippen molar-refractivity contribution in [3.63, 3.8) is 0 Å². The Morgan fingerprint density at radius 1 is 0.714 bits per heavy atom. The molecule has 0 radical (unpaired) electrons. The molecule has 4 aromatic carbocycles. The van der Waals surface area contributed by atoms with E-state index in [4.69, 9.17) is 4.74 Å². The first-order chi connectivity index (χ1) is 23.4. The van der Waals surface area contributed by atoms with Crippen LogP contribution in [0.25, 0.3) is 40.7 Å². The lowest BCUT2D eigenvalue weighted by atomic mass is 9.99. The van der Waals surface area contributed by atoms with E-state index in [9.17, 15) is 31.4 Å². The average molecular weight is 675 g/mol. The van der Waals surface area contributed by atoms with E-state index >= 15 is 0 Å². The number of aromatic hydroxyl groups is 1. The van der Waals surface area contributed by atoms with Crippen molar-refractivity contribution in [1.29, 1.82) is 0 Å². The minimum atomic E-state index is -4.53. The monoisotopic (exact) mass is 674 g/mol. The Labute approximate surface area is 277 Å². The summed E-state index contributed by atoms with van der Waals surface area (Å²) < 4.78 is 84.6. The minimum Gasteiger partial charge on any atom is -0.508 e. The molecule has 0 saturated carbocycles. The Kier molecular flexibility index (Phi) is 10.1. The van der Waals surface area contributed by atoms with E-state index in [1.54, 1.807) is 37.5 Å². The lowest BCUT2D eigenvalue weighted by Gasteiger charge is -2.10. The van der Waals surface area contributed by atoms with Gasteiger partial charge in [-0.05, 0) is 89.0 Å². The highest BCUT2D eigenvalue weighted by atomic mass is 19.4. The Morgan fingerprint density at radius 3 is 1.96 bits per heavy atom. The summed E-state index contributed by atoms with van der Waals surface area (Å²) in [5.74, 6) is 0.778. The molecule has 0 unspecified atom stereocenters. The summed E-state index contributed by atoms with van der Waals surface area (Å²) in [4.78, 5) is 0. The molecule has 6 aromatic rings. The predicted octanol–water partition coefficient (Wildman–Crippen LogP) is 9.98. The topological polar surface area (TPSA) is 65.1 Å². The Hall–Kier alpha value is -6.04. The first-order valence-corrected chi connectivity index (χ1v) is 14.6. The smallest absolute Gasteiger partial charge is 0.435 e. The van der Waals surface area contributed by atoms with E-state index in [0.29, 0.717) is 11.4 Å². The molecule has 0 saturated heterocycles. The van der Waals surface area contributed by atoms with Gasteiger partial charge in [-0.15, -0.1) is 0 Å². The third kappa shape index (κ3) is 8.47. The van der Waals surface area contributed by atoms with Crippen LogP contribution in [0.5, 0.6) is 11.5 Å². The van der Waals surface area contributed by atoms with Crippen LogP contribution in [0.3, 0.4) is 0 Å². The number of hydrogen-bond donors (Lipinski definition) is 1. The van der Waals surface area contributed by atoms with Gasteiger partial charge >= 0.3 is 12.4 Å². The van der Waals surface area contributed by atoms with Crippen LogP contribution in [-0.4, -0.2) is 31.8 Å². The summed E-state index contributed by atoms with van der Waals surface area (Å²) in [7, 11) is 1.60. The molecule has 0 bridgehead atoms. The average Bonchev–Trinajstić information content (AvgIpc) is 3.77. The van der Waals surface area contributed by atoms with Crippen molar-refractivity contribution in [2.45, 2.75) is 12.4 Å². The van der Waals surface area contributed by atoms with E-state index < -0.39 is 23.7 Å². The summed E-state index contributed by atoms with van der Waals surface area (Å²) in [6.07, 6.45) is -2.75. The van der Waals surface area contributed by atoms with Gasteiger partial charge in [-0.3, -0.25) is 0 Å². The number of phenols is 1. The molecule has 0 atom stereocenters. The van der Waals surface area contributed by atoms with E-state index in [1.807, 2.05) is 60.7 Å². The summed E-state index contributed by atoms with van der Waals surface area (Å²) >= 11 is 0. The van der Waals surface area contributed by atoms with E-state index in [2.05, 4.69) is 16.8 Å². The summed E-state index contributed by atoms with van der Waals surface area (Å²) in [6, 6.07) is 29.8. The zero-order valence-electron chi connectivity index (χ0n) is 25.8. The largest absolute Gasteiger partial charge is 0.508 e. The second-order valence-electron chi connectivity index (χ2n) is 10.5. The summed E-state index contributed by atoms with van der Waals surface area (Å²) in [5, 5.41) is 16.6. The molecule has 0 aliphatic carbocycles. The van der Waals surface area contributed by atoms with Crippen LogP contribution >= 0.6 is 0 Å². The highest BCUT2D eigenvalue weighted by Crippen LogP contribution is 2.32. The number of alkyl halides is 6. The quantitative estimate of drug-likeness (QED) is 0.171. The molecule has 2 heterocycles. The van der Waals surface area contributed by atoms with Crippen LogP contribution in [0.4, 0.5) is 26.3 Å². The zero-order valence-corrected chi connectivity index (χ0v) is 25.8. The molecular formula is C37H28F6N4O2. The van der Waals surface area contributed by atoms with E-state index in [1.165, 1.54) is 39.8 Å². The van der Waals surface area contributed by atoms with Crippen molar-refractivity contribution in [1.82, 2.24) is 19.6 Å². The third-order valence-electron chi connectivity index (χ3n) is 7.17. The fourth-order valence-electron chi connectivity index (χ4n) is 4.71. The van der Waals surface area contributed by atoms with Gasteiger partial charge in [0.1, 0.15) is 11.5 Å². The fraction of sp³-hybridized carbons (Fsp3) is 0.0811. The van der Waals surface area contributed by atoms with Gasteiger partial charge in [0.05, 0.1) is 24.2 Å². The molecule has 0 aliphatic heterocycles. The number of ether oxygens (including phenoxy) is 1. The van der Waals surface area contributed by atoms with Crippen LogP contribution in [0.1, 0.15) is 28.2 Å². The molecule has 0 aliphatic rings. The maximum Gasteiger partial charge on any atom is 0.435 e. The maximum atomic E-state index is 13.0. The molecular weight excluding hydrogens is 646 g/mol. The number of halogens is 6. The molecule has 2 aromatic heterocycles. The predicted molar refractivity (Wildman–Crippen MR) is 176 cm³/mol. The van der Waals surface area contributed by atoms with Crippen LogP contribution in [0, 0.1) is 0 Å². The van der Waals surface area contributed by atoms with Gasteiger partial charge in [-0.2, -0.15) is 36.5 Å². The van der Waals surface area contributed by atoms with Crippen molar-refractivity contribution in [3.8, 4) is 34.0 Å². The number of aromatic nitrogens is 4. The SMILES string of the molecule is C=Cc1cc(-n2ccc(C(F)(F)F)n2)ccc1-c1ccc(OC)cc1.Oc1ccc(-n2nc(C(F)(F)F)cc2/C=C/c2ccccc2)cc1. The minimum absolute atomic E-state index is 0.0309. The molecule has 12 heteroatoms. The Balaban J connectivity index is 0.000000191. The van der Waals surface area contributed by atoms with Gasteiger partial charge in [0.25, 0.3) is 0 Å². The van der Waals surface area contributed by atoms with E-state index in [-0.39, 0.29) is 11.4 Å². The second-order valence-corrected chi connectivity index (χ2v) is 10.5. The first kappa shape index (κ1) is 34.3. The summed E-state index contributed by atoms with van der Waals surface area (Å²) in [6.45, 7) is 3.80. The van der Waals surface area contributed by atoms with Crippen molar-refractivity contribution in [2.24, 2.45) is 0 Å². The van der Waals surface area contributed by atoms with Crippen LogP contribution in [0.2, 0.25) is 0 Å². The lowest BCUT2D eigenvalue weighted by molar-refractivity contribution is -0.142. The van der Waals surface area contributed by atoms with Gasteiger partial charge in [0, 0.05) is 6.20 Å². The highest BCUT2D eigenvalue weighted by Gasteiger charge is 2.35. The number of nitrogens with zero attached hydrogens (tertiary/aromatic N) is 4. The number of hydrogen-bond acceptors (Lipinski definition) is 4. The van der Waals surface area contributed by atoms with Crippen molar-refractivity contribution < 1.29 is 36.2 Å². The standard InChI is InChI=1S/C19H15F3N2O.C18H13F3N2O/c1-3-13-12-15(24-11-10-18(23-24)19(20,21)22)6-9-17(13)14-4-7-16(25-2)8-5-14;19-18(20,21)17-12-15(7-6-13-4-2-1-3-5-13)23(22-17)14-8-10-16(24)11-9-14/h3-12H,1H2,2H3;1-12,24H/b;7-6+. The molecule has 6 rings (SSSR count). The molecule has 0 spiro atoms. The third-order valence-corrected chi connectivity index (χ3v) is 7.17. The van der Waals surface area contributed by atoms with Crippen LogP contribution in [-0.2, 0) is 12.4 Å². The first-order valence-electron chi connectivity index (χ1n) is 14.6. The normalized spacial score (nSPS) is 11.7. The molecule has 0 fully saturated rings. The zero-order chi connectivity index (χ0) is 35.2. The number of rotatable bonds is 7. The molecule has 6 nitrogen and oxygen atoms in total. The van der Waals surface area contributed by atoms with Gasteiger partial charge in [-0.1, -0.05) is 67.3 Å². The van der Waals surface area contributed by atoms with Gasteiger partial charge in [-0.25, -0.2) is 9.36 Å². The lowest BCUT2D eigenvalue weighted by Crippen LogP contribution is -2.07. The number of benzene rings is 4. The van der Waals surface area contributed by atoms with Crippen LogP contribution in [0.15, 0.2) is 122 Å². The Morgan fingerprint density at radius 2 is 1.37 bits per heavy atom. The van der Waals surface area contributed by atoms with Crippen molar-refractivity contribution >= 4 is 18.2 Å². The highest BCUT2D eigenvalue weighted by molar-refractivity contribution is 5.76. The second kappa shape index (κ2) is 14.4. The molecule has 1 N–H and O–H groups in total. The van der Waals surface area contributed by atoms with Crippen molar-refractivity contribution in [2.75, 3.05) is 7.11 Å². The number of methoxy groups -OCH3 is 1. The molecule has 250 valence electrons. The van der Waals surface area contributed by atoms with Crippen molar-refractivity contribution in [3.05, 3.63) is 150 Å². The Bertz CT molecular complexity index is 2040. The fourth-order valence-corrected chi connectivity index (χ4v) is 4.71. The van der Waals surface area contributed by atoms with Gasteiger partial charge < -0.3 is 9.84 Å². The molecule has 49 heavy (non-hydrogen) atoms.